The molecular formula is C14H19N7. The minimum Gasteiger partial charge on any atom is -0.336 e. The molecule has 110 valence electrons. The molecule has 0 aromatic carbocycles. The zero-order valence-electron chi connectivity index (χ0n) is 13.0. The van der Waals surface area contributed by atoms with Gasteiger partial charge in [0.2, 0.25) is 0 Å². The van der Waals surface area contributed by atoms with Crippen molar-refractivity contribution in [3.8, 4) is 0 Å². The molecule has 0 atom stereocenters. The molecule has 0 amide bonds. The number of rotatable bonds is 3. The average Bonchev–Trinajstić information content (AvgIpc) is 2.93. The number of anilines is 2. The molecule has 0 saturated heterocycles. The van der Waals surface area contributed by atoms with Crippen LogP contribution in [0.5, 0.6) is 0 Å². The van der Waals surface area contributed by atoms with Crippen LogP contribution in [0.4, 0.5) is 11.5 Å². The van der Waals surface area contributed by atoms with Crippen LogP contribution >= 0.6 is 0 Å². The molecule has 3 heterocycles. The summed E-state index contributed by atoms with van der Waals surface area (Å²) >= 11 is 0. The van der Waals surface area contributed by atoms with Crippen LogP contribution in [0.3, 0.4) is 0 Å². The Bertz CT molecular complexity index is 812. The van der Waals surface area contributed by atoms with E-state index < -0.39 is 0 Å². The summed E-state index contributed by atoms with van der Waals surface area (Å²) < 4.78 is 3.76. The van der Waals surface area contributed by atoms with Gasteiger partial charge in [0.15, 0.2) is 5.82 Å². The standard InChI is InChI=1S/C14H19N7/c1-6-21-13-12(8(2)19-21)16-10(4)17-14(13)18-11-7-15-20(5)9(11)3/h7H,6H2,1-5H3,(H,16,17,18). The Morgan fingerprint density at radius 2 is 1.95 bits per heavy atom. The number of hydrogen-bond donors (Lipinski definition) is 1. The van der Waals surface area contributed by atoms with Gasteiger partial charge in [0.05, 0.1) is 23.3 Å². The lowest BCUT2D eigenvalue weighted by molar-refractivity contribution is 0.676. The summed E-state index contributed by atoms with van der Waals surface area (Å²) in [4.78, 5) is 9.07. The molecule has 0 spiro atoms. The lowest BCUT2D eigenvalue weighted by Gasteiger charge is -2.09. The topological polar surface area (TPSA) is 73.5 Å². The molecule has 7 nitrogen and oxygen atoms in total. The number of fused-ring (bicyclic) bond motifs is 1. The summed E-state index contributed by atoms with van der Waals surface area (Å²) in [5.74, 6) is 1.50. The van der Waals surface area contributed by atoms with E-state index in [0.717, 1.165) is 46.3 Å². The first-order valence-corrected chi connectivity index (χ1v) is 6.98. The maximum absolute atomic E-state index is 4.55. The summed E-state index contributed by atoms with van der Waals surface area (Å²) in [6.45, 7) is 8.72. The van der Waals surface area contributed by atoms with E-state index >= 15 is 0 Å². The van der Waals surface area contributed by atoms with Crippen molar-refractivity contribution >= 4 is 22.5 Å². The van der Waals surface area contributed by atoms with Gasteiger partial charge < -0.3 is 5.32 Å². The van der Waals surface area contributed by atoms with E-state index in [2.05, 4.69) is 32.4 Å². The van der Waals surface area contributed by atoms with Gasteiger partial charge in [-0.25, -0.2) is 9.97 Å². The molecule has 0 aliphatic carbocycles. The zero-order valence-corrected chi connectivity index (χ0v) is 13.0. The van der Waals surface area contributed by atoms with Crippen LogP contribution in [0.25, 0.3) is 11.0 Å². The molecule has 0 radical (unpaired) electrons. The van der Waals surface area contributed by atoms with Crippen molar-refractivity contribution in [1.82, 2.24) is 29.5 Å². The second kappa shape index (κ2) is 4.83. The fraction of sp³-hybridized carbons (Fsp3) is 0.429. The van der Waals surface area contributed by atoms with E-state index in [-0.39, 0.29) is 0 Å². The molecule has 0 saturated carbocycles. The number of nitrogens with one attached hydrogen (secondary N) is 1. The molecule has 3 rings (SSSR count). The van der Waals surface area contributed by atoms with Gasteiger partial charge >= 0.3 is 0 Å². The summed E-state index contributed by atoms with van der Waals surface area (Å²) in [6, 6.07) is 0. The molecule has 3 aromatic rings. The van der Waals surface area contributed by atoms with Crippen molar-refractivity contribution in [3.63, 3.8) is 0 Å². The Balaban J connectivity index is 2.19. The molecule has 3 aromatic heterocycles. The SMILES string of the molecule is CCn1nc(C)c2nc(C)nc(Nc3cnn(C)c3C)c21. The molecule has 7 heteroatoms. The molecule has 0 aliphatic rings. The second-order valence-electron chi connectivity index (χ2n) is 5.11. The third kappa shape index (κ3) is 2.14. The Morgan fingerprint density at radius 1 is 1.19 bits per heavy atom. The Hall–Kier alpha value is -2.44. The quantitative estimate of drug-likeness (QED) is 0.799. The first kappa shape index (κ1) is 13.5. The van der Waals surface area contributed by atoms with Crippen molar-refractivity contribution in [2.45, 2.75) is 34.2 Å². The molecule has 1 N–H and O–H groups in total. The van der Waals surface area contributed by atoms with Gasteiger partial charge in [-0.15, -0.1) is 0 Å². The van der Waals surface area contributed by atoms with Gasteiger partial charge in [0.1, 0.15) is 16.9 Å². The van der Waals surface area contributed by atoms with Crippen LogP contribution in [-0.4, -0.2) is 29.5 Å². The van der Waals surface area contributed by atoms with Crippen LogP contribution in [0, 0.1) is 20.8 Å². The summed E-state index contributed by atoms with van der Waals surface area (Å²) in [6.07, 6.45) is 1.80. The van der Waals surface area contributed by atoms with E-state index in [0.29, 0.717) is 0 Å². The van der Waals surface area contributed by atoms with Crippen LogP contribution < -0.4 is 5.32 Å². The van der Waals surface area contributed by atoms with Crippen LogP contribution in [0.1, 0.15) is 24.1 Å². The number of aryl methyl sites for hydroxylation is 4. The van der Waals surface area contributed by atoms with Crippen molar-refractivity contribution in [2.75, 3.05) is 5.32 Å². The van der Waals surface area contributed by atoms with Crippen molar-refractivity contribution in [2.24, 2.45) is 7.05 Å². The third-order valence-corrected chi connectivity index (χ3v) is 3.66. The number of nitrogens with zero attached hydrogens (tertiary/aromatic N) is 6. The third-order valence-electron chi connectivity index (χ3n) is 3.66. The highest BCUT2D eigenvalue weighted by Crippen LogP contribution is 2.27. The Morgan fingerprint density at radius 3 is 2.57 bits per heavy atom. The van der Waals surface area contributed by atoms with Gasteiger partial charge in [-0.3, -0.25) is 9.36 Å². The molecule has 21 heavy (non-hydrogen) atoms. The van der Waals surface area contributed by atoms with Gasteiger partial charge in [-0.05, 0) is 27.7 Å². The molecule has 0 bridgehead atoms. The lowest BCUT2D eigenvalue weighted by atomic mass is 10.3. The van der Waals surface area contributed by atoms with E-state index in [1.165, 1.54) is 0 Å². The van der Waals surface area contributed by atoms with Gasteiger partial charge in [-0.2, -0.15) is 10.2 Å². The summed E-state index contributed by atoms with van der Waals surface area (Å²) in [5.41, 5.74) is 4.75. The Labute approximate surface area is 123 Å². The summed E-state index contributed by atoms with van der Waals surface area (Å²) in [5, 5.41) is 12.2. The Kier molecular flexibility index (Phi) is 3.12. The van der Waals surface area contributed by atoms with Crippen LogP contribution in [-0.2, 0) is 13.6 Å². The zero-order chi connectivity index (χ0) is 15.1. The minimum atomic E-state index is 0.727. The van der Waals surface area contributed by atoms with E-state index in [9.17, 15) is 0 Å². The largest absolute Gasteiger partial charge is 0.336 e. The highest BCUT2D eigenvalue weighted by atomic mass is 15.3. The van der Waals surface area contributed by atoms with Gasteiger partial charge in [-0.1, -0.05) is 0 Å². The predicted molar refractivity (Wildman–Crippen MR) is 81.7 cm³/mol. The molecule has 0 unspecified atom stereocenters. The van der Waals surface area contributed by atoms with Gasteiger partial charge in [0, 0.05) is 13.6 Å². The first-order valence-electron chi connectivity index (χ1n) is 6.98. The fourth-order valence-corrected chi connectivity index (χ4v) is 2.41. The van der Waals surface area contributed by atoms with Crippen molar-refractivity contribution in [3.05, 3.63) is 23.4 Å². The molecule has 0 aliphatic heterocycles. The van der Waals surface area contributed by atoms with Gasteiger partial charge in [0.25, 0.3) is 0 Å². The maximum atomic E-state index is 4.55. The smallest absolute Gasteiger partial charge is 0.160 e. The van der Waals surface area contributed by atoms with Crippen LogP contribution in [0.2, 0.25) is 0 Å². The van der Waals surface area contributed by atoms with E-state index in [1.54, 1.807) is 6.20 Å². The first-order chi connectivity index (χ1) is 10.0. The average molecular weight is 285 g/mol. The highest BCUT2D eigenvalue weighted by Gasteiger charge is 2.16. The summed E-state index contributed by atoms with van der Waals surface area (Å²) in [7, 11) is 1.92. The molecule has 0 fully saturated rings. The van der Waals surface area contributed by atoms with E-state index in [4.69, 9.17) is 0 Å². The maximum Gasteiger partial charge on any atom is 0.160 e. The monoisotopic (exact) mass is 285 g/mol. The normalized spacial score (nSPS) is 11.3. The second-order valence-corrected chi connectivity index (χ2v) is 5.11. The lowest BCUT2D eigenvalue weighted by Crippen LogP contribution is -2.04. The molecular weight excluding hydrogens is 266 g/mol. The predicted octanol–water partition coefficient (Wildman–Crippen LogP) is 2.25. The minimum absolute atomic E-state index is 0.727. The van der Waals surface area contributed by atoms with Crippen molar-refractivity contribution < 1.29 is 0 Å². The van der Waals surface area contributed by atoms with Crippen LogP contribution in [0.15, 0.2) is 6.20 Å². The van der Waals surface area contributed by atoms with E-state index in [1.807, 2.05) is 37.2 Å². The number of aromatic nitrogens is 6. The van der Waals surface area contributed by atoms with Crippen molar-refractivity contribution in [1.29, 1.82) is 0 Å². The highest BCUT2D eigenvalue weighted by molar-refractivity contribution is 5.89. The number of hydrogen-bond acceptors (Lipinski definition) is 5. The fourth-order valence-electron chi connectivity index (χ4n) is 2.41.